The smallest absolute Gasteiger partial charge is 0.338 e. The number of anilines is 4. The van der Waals surface area contributed by atoms with Crippen LogP contribution in [0.3, 0.4) is 0 Å². The van der Waals surface area contributed by atoms with Crippen molar-refractivity contribution in [3.05, 3.63) is 209 Å². The standard InChI is InChI=1S/C26H26N4O2.C22H18N4O2.C15H12ClN3/c1-26(2,3)32-25(31)19-11-13-20(14-12-19)27-23-15-21(17-7-5-4-6-8-17)28-24-16-22(18-9-10-18)29-30(23)24;27-22(28)16-8-10-17(11-9-16)23-20-12-18(14-4-2-1-3-5-14)24-21-13-19(15-6-7-15)25-26(20)21;16-14-8-12(10-4-2-1-3-5-10)17-15-9-13(11-6-7-11)18-19(14)15/h4-8,11-16,18,27H,9-10H2,1-3H3;1-5,8-13,15,23H,6-7H2,(H,27,28);1-5,8-9,11H,6-7H2. The number of carboxylic acids is 1. The van der Waals surface area contributed by atoms with Crippen molar-refractivity contribution < 1.29 is 19.4 Å². The van der Waals surface area contributed by atoms with Crippen LogP contribution in [0.5, 0.6) is 0 Å². The molecule has 0 amide bonds. The molecule has 0 aliphatic heterocycles. The molecule has 3 fully saturated rings. The fourth-order valence-electron chi connectivity index (χ4n) is 9.14. The molecule has 0 bridgehead atoms. The molecule has 15 nitrogen and oxygen atoms in total. The number of nitrogens with one attached hydrogen (secondary N) is 2. The van der Waals surface area contributed by atoms with Gasteiger partial charge in [0.1, 0.15) is 22.4 Å². The summed E-state index contributed by atoms with van der Waals surface area (Å²) < 4.78 is 10.9. The molecule has 3 saturated carbocycles. The molecule has 6 heterocycles. The first kappa shape index (κ1) is 50.6. The van der Waals surface area contributed by atoms with Crippen LogP contribution in [0.1, 0.15) is 115 Å². The molecule has 0 spiro atoms. The average molecular weight is 1070 g/mol. The van der Waals surface area contributed by atoms with E-state index in [4.69, 9.17) is 41.6 Å². The van der Waals surface area contributed by atoms with Crippen LogP contribution in [0.4, 0.5) is 23.0 Å². The summed E-state index contributed by atoms with van der Waals surface area (Å²) in [5, 5.41) is 30.6. The maximum atomic E-state index is 12.3. The lowest BCUT2D eigenvalue weighted by atomic mass is 10.1. The molecule has 0 saturated heterocycles. The van der Waals surface area contributed by atoms with Crippen LogP contribution in [0, 0.1) is 0 Å². The highest BCUT2D eigenvalue weighted by Gasteiger charge is 2.29. The molecule has 0 radical (unpaired) electrons. The number of nitrogens with zero attached hydrogens (tertiary/aromatic N) is 9. The minimum absolute atomic E-state index is 0.255. The SMILES string of the molecule is CC(C)(C)OC(=O)c1ccc(Nc2cc(-c3ccccc3)nc3cc(C4CC4)nn23)cc1.Clc1cc(-c2ccccc2)nc2cc(C3CC3)nn12.O=C(O)c1ccc(Nc2cc(-c3ccccc3)nc3cc(C4CC4)nn23)cc1. The maximum Gasteiger partial charge on any atom is 0.338 e. The lowest BCUT2D eigenvalue weighted by Crippen LogP contribution is -2.23. The molecule has 3 aliphatic rings. The van der Waals surface area contributed by atoms with E-state index in [1.807, 2.05) is 139 Å². The van der Waals surface area contributed by atoms with Crippen molar-refractivity contribution in [1.29, 1.82) is 0 Å². The van der Waals surface area contributed by atoms with Crippen molar-refractivity contribution in [2.75, 3.05) is 10.6 Å². The van der Waals surface area contributed by atoms with Crippen molar-refractivity contribution in [3.63, 3.8) is 0 Å². The molecular weight excluding hydrogens is 1010 g/mol. The molecule has 11 aromatic rings. The molecule has 0 unspecified atom stereocenters. The fraction of sp³-hybridized carbons (Fsp3) is 0.206. The monoisotopic (exact) mass is 1070 g/mol. The van der Waals surface area contributed by atoms with Crippen molar-refractivity contribution in [1.82, 2.24) is 43.8 Å². The number of carbonyl (C=O) groups is 2. The topological polar surface area (TPSA) is 178 Å². The Bertz CT molecular complexity index is 4000. The zero-order valence-electron chi connectivity index (χ0n) is 43.8. The predicted octanol–water partition coefficient (Wildman–Crippen LogP) is 14.6. The first-order valence-electron chi connectivity index (χ1n) is 26.6. The fourth-order valence-corrected chi connectivity index (χ4v) is 9.37. The molecular formula is C63H56ClN11O4. The van der Waals surface area contributed by atoms with Gasteiger partial charge in [0.25, 0.3) is 0 Å². The van der Waals surface area contributed by atoms with Crippen molar-refractivity contribution in [2.45, 2.75) is 82.7 Å². The number of ether oxygens (including phenoxy) is 1. The third-order valence-electron chi connectivity index (χ3n) is 13.7. The van der Waals surface area contributed by atoms with E-state index in [0.29, 0.717) is 28.5 Å². The molecule has 16 heteroatoms. The summed E-state index contributed by atoms with van der Waals surface area (Å²) in [6.45, 7) is 5.58. The Balaban J connectivity index is 0.000000122. The summed E-state index contributed by atoms with van der Waals surface area (Å²) in [6, 6.07) is 56.2. The van der Waals surface area contributed by atoms with E-state index in [1.165, 1.54) is 38.5 Å². The predicted molar refractivity (Wildman–Crippen MR) is 308 cm³/mol. The average Bonchev–Trinajstić information content (AvgIpc) is 4.55. The summed E-state index contributed by atoms with van der Waals surface area (Å²) in [4.78, 5) is 37.7. The van der Waals surface area contributed by atoms with Crippen molar-refractivity contribution in [3.8, 4) is 33.8 Å². The zero-order valence-corrected chi connectivity index (χ0v) is 44.5. The van der Waals surface area contributed by atoms with Gasteiger partial charge >= 0.3 is 11.9 Å². The van der Waals surface area contributed by atoms with Gasteiger partial charge in [0.15, 0.2) is 16.9 Å². The Hall–Kier alpha value is -9.21. The number of carbonyl (C=O) groups excluding carboxylic acids is 1. The number of esters is 1. The number of fused-ring (bicyclic) bond motifs is 3. The number of benzene rings is 5. The molecule has 6 aromatic heterocycles. The van der Waals surface area contributed by atoms with Crippen LogP contribution in [0.2, 0.25) is 5.15 Å². The third kappa shape index (κ3) is 11.9. The largest absolute Gasteiger partial charge is 0.478 e. The van der Waals surface area contributed by atoms with Crippen LogP contribution in [0.25, 0.3) is 50.7 Å². The van der Waals surface area contributed by atoms with Gasteiger partial charge in [0, 0.05) is 82.2 Å². The van der Waals surface area contributed by atoms with Gasteiger partial charge < -0.3 is 20.5 Å². The highest BCUT2D eigenvalue weighted by Crippen LogP contribution is 2.42. The first-order valence-corrected chi connectivity index (χ1v) is 27.0. The Morgan fingerprint density at radius 2 is 0.848 bits per heavy atom. The lowest BCUT2D eigenvalue weighted by Gasteiger charge is -2.19. The zero-order chi connectivity index (χ0) is 54.2. The second-order valence-corrected chi connectivity index (χ2v) is 21.6. The van der Waals surface area contributed by atoms with Gasteiger partial charge in [-0.2, -0.15) is 24.3 Å². The van der Waals surface area contributed by atoms with E-state index in [1.54, 1.807) is 40.9 Å². The molecule has 79 heavy (non-hydrogen) atoms. The number of aromatic carboxylic acids is 1. The number of aromatic nitrogens is 9. The summed E-state index contributed by atoms with van der Waals surface area (Å²) in [5.74, 6) is 2.03. The second-order valence-electron chi connectivity index (χ2n) is 21.2. The summed E-state index contributed by atoms with van der Waals surface area (Å²) in [6.07, 6.45) is 7.18. The molecule has 3 aliphatic carbocycles. The van der Waals surface area contributed by atoms with E-state index in [-0.39, 0.29) is 11.5 Å². The number of carboxylic acid groups (broad SMARTS) is 1. The van der Waals surface area contributed by atoms with Gasteiger partial charge in [0.05, 0.1) is 45.3 Å². The quantitative estimate of drug-likeness (QED) is 0.0780. The van der Waals surface area contributed by atoms with Gasteiger partial charge in [-0.25, -0.2) is 29.1 Å². The minimum Gasteiger partial charge on any atom is -0.478 e. The Morgan fingerprint density at radius 3 is 1.22 bits per heavy atom. The van der Waals surface area contributed by atoms with Crippen LogP contribution < -0.4 is 10.6 Å². The highest BCUT2D eigenvalue weighted by atomic mass is 35.5. The molecule has 3 N–H and O–H groups in total. The Morgan fingerprint density at radius 1 is 0.494 bits per heavy atom. The lowest BCUT2D eigenvalue weighted by molar-refractivity contribution is 0.00692. The van der Waals surface area contributed by atoms with Gasteiger partial charge in [-0.3, -0.25) is 0 Å². The second kappa shape index (κ2) is 21.3. The maximum absolute atomic E-state index is 12.3. The first-order chi connectivity index (χ1) is 38.3. The normalized spacial score (nSPS) is 14.0. The van der Waals surface area contributed by atoms with E-state index in [0.717, 1.165) is 90.8 Å². The summed E-state index contributed by atoms with van der Waals surface area (Å²) in [7, 11) is 0. The van der Waals surface area contributed by atoms with Crippen molar-refractivity contribution in [2.24, 2.45) is 0 Å². The number of hydrogen-bond acceptors (Lipinski definition) is 11. The van der Waals surface area contributed by atoms with E-state index in [2.05, 4.69) is 51.0 Å². The third-order valence-corrected chi connectivity index (χ3v) is 14.0. The van der Waals surface area contributed by atoms with Crippen LogP contribution in [-0.4, -0.2) is 66.4 Å². The van der Waals surface area contributed by atoms with E-state index < -0.39 is 11.6 Å². The number of halogens is 1. The van der Waals surface area contributed by atoms with Gasteiger partial charge in [-0.1, -0.05) is 103 Å². The van der Waals surface area contributed by atoms with Crippen LogP contribution in [-0.2, 0) is 4.74 Å². The minimum atomic E-state index is -0.939. The molecule has 14 rings (SSSR count). The van der Waals surface area contributed by atoms with Gasteiger partial charge in [-0.05, 0) is 108 Å². The summed E-state index contributed by atoms with van der Waals surface area (Å²) in [5.41, 5.74) is 13.4. The number of rotatable bonds is 12. The number of hydrogen-bond donors (Lipinski definition) is 3. The van der Waals surface area contributed by atoms with Gasteiger partial charge in [0.2, 0.25) is 0 Å². The Kier molecular flexibility index (Phi) is 13.7. The Labute approximate surface area is 461 Å². The van der Waals surface area contributed by atoms with Crippen LogP contribution >= 0.6 is 11.6 Å². The summed E-state index contributed by atoms with van der Waals surface area (Å²) >= 11 is 6.31. The molecule has 394 valence electrons. The highest BCUT2D eigenvalue weighted by molar-refractivity contribution is 6.30. The van der Waals surface area contributed by atoms with Gasteiger partial charge in [-0.15, -0.1) is 0 Å². The van der Waals surface area contributed by atoms with E-state index >= 15 is 0 Å². The van der Waals surface area contributed by atoms with E-state index in [9.17, 15) is 9.59 Å². The molecule has 5 aromatic carbocycles. The van der Waals surface area contributed by atoms with Crippen molar-refractivity contribution >= 4 is 63.5 Å². The van der Waals surface area contributed by atoms with Crippen LogP contribution in [0.15, 0.2) is 176 Å². The molecule has 0 atom stereocenters.